The molecule has 0 saturated carbocycles. The second-order valence-electron chi connectivity index (χ2n) is 8.01. The van der Waals surface area contributed by atoms with E-state index in [0.29, 0.717) is 17.8 Å². The van der Waals surface area contributed by atoms with E-state index in [1.165, 1.54) is 17.6 Å². The fourth-order valence-corrected chi connectivity index (χ4v) is 4.84. The quantitative estimate of drug-likeness (QED) is 0.479. The Balaban J connectivity index is 1.42. The molecular formula is C24H31NO. The first-order valence-corrected chi connectivity index (χ1v) is 10.4. The van der Waals surface area contributed by atoms with Gasteiger partial charge >= 0.3 is 0 Å². The zero-order valence-electron chi connectivity index (χ0n) is 15.8. The number of rotatable bonds is 8. The molecule has 0 aromatic heterocycles. The van der Waals surface area contributed by atoms with E-state index in [2.05, 4.69) is 60.8 Å². The summed E-state index contributed by atoms with van der Waals surface area (Å²) in [5, 5.41) is 13.3. The van der Waals surface area contributed by atoms with Crippen molar-refractivity contribution in [2.75, 3.05) is 6.54 Å². The Morgan fingerprint density at radius 2 is 2.12 bits per heavy atom. The highest BCUT2D eigenvalue weighted by molar-refractivity contribution is 5.62. The number of aliphatic hydroxyl groups excluding tert-OH is 1. The molecule has 4 atom stereocenters. The predicted octanol–water partition coefficient (Wildman–Crippen LogP) is 4.98. The van der Waals surface area contributed by atoms with Crippen molar-refractivity contribution < 1.29 is 5.11 Å². The Kier molecular flexibility index (Phi) is 5.42. The highest BCUT2D eigenvalue weighted by Crippen LogP contribution is 2.49. The summed E-state index contributed by atoms with van der Waals surface area (Å²) in [5.74, 6) is 1.65. The van der Waals surface area contributed by atoms with Crippen molar-refractivity contribution in [3.63, 3.8) is 0 Å². The molecule has 4 rings (SSSR count). The minimum absolute atomic E-state index is 0.351. The van der Waals surface area contributed by atoms with Gasteiger partial charge in [-0.1, -0.05) is 62.0 Å². The number of hydrogen-bond donors (Lipinski definition) is 2. The zero-order chi connectivity index (χ0) is 17.9. The molecule has 4 aliphatic carbocycles. The largest absolute Gasteiger partial charge is 0.379 e. The van der Waals surface area contributed by atoms with Gasteiger partial charge in [0.05, 0.1) is 0 Å². The third-order valence-electron chi connectivity index (χ3n) is 6.25. The molecule has 0 heterocycles. The third-order valence-corrected chi connectivity index (χ3v) is 6.25. The summed E-state index contributed by atoms with van der Waals surface area (Å²) >= 11 is 0. The van der Waals surface area contributed by atoms with Crippen molar-refractivity contribution in [2.45, 2.75) is 51.7 Å². The third kappa shape index (κ3) is 3.45. The molecule has 0 aliphatic heterocycles. The van der Waals surface area contributed by atoms with Crippen LogP contribution in [0.5, 0.6) is 0 Å². The fraction of sp³-hybridized carbons (Fsp3) is 0.500. The standard InChI is InChI=1S/C24H31NO/c1-2-3-16-25-22(26)9-5-6-17-10-11-20-13-12-18-7-4-8-19-14-15-21(17)24(20)23(18)19/h4,7-8,11-15,17,19,22-23,25-26H,2-3,5-6,9-10,16H2,1H3. The zero-order valence-corrected chi connectivity index (χ0v) is 15.8. The maximum Gasteiger partial charge on any atom is 0.104 e. The van der Waals surface area contributed by atoms with Crippen LogP contribution < -0.4 is 5.32 Å². The van der Waals surface area contributed by atoms with Gasteiger partial charge in [0.2, 0.25) is 0 Å². The Hall–Kier alpha value is -1.64. The lowest BCUT2D eigenvalue weighted by Crippen LogP contribution is -2.30. The number of unbranched alkanes of at least 4 members (excludes halogenated alkanes) is 1. The van der Waals surface area contributed by atoms with Crippen LogP contribution in [0.4, 0.5) is 0 Å². The SMILES string of the molecule is CCCCNC(O)CCCC1CC=C2C=CC3=CC=CC4C=CC1=C2C34. The predicted molar refractivity (Wildman–Crippen MR) is 108 cm³/mol. The van der Waals surface area contributed by atoms with Gasteiger partial charge in [0, 0.05) is 11.8 Å². The topological polar surface area (TPSA) is 32.3 Å². The van der Waals surface area contributed by atoms with Crippen LogP contribution in [0.2, 0.25) is 0 Å². The molecule has 138 valence electrons. The van der Waals surface area contributed by atoms with Crippen LogP contribution in [0.25, 0.3) is 0 Å². The van der Waals surface area contributed by atoms with E-state index >= 15 is 0 Å². The summed E-state index contributed by atoms with van der Waals surface area (Å²) in [5.41, 5.74) is 6.04. The van der Waals surface area contributed by atoms with Crippen molar-refractivity contribution in [1.82, 2.24) is 5.32 Å². The van der Waals surface area contributed by atoms with Crippen molar-refractivity contribution in [3.05, 3.63) is 70.9 Å². The van der Waals surface area contributed by atoms with Gasteiger partial charge in [-0.25, -0.2) is 0 Å². The molecule has 0 spiro atoms. The summed E-state index contributed by atoms with van der Waals surface area (Å²) in [7, 11) is 0. The molecule has 0 aromatic rings. The lowest BCUT2D eigenvalue weighted by Gasteiger charge is -2.40. The van der Waals surface area contributed by atoms with Crippen LogP contribution in [-0.4, -0.2) is 17.9 Å². The molecule has 0 bridgehead atoms. The first kappa shape index (κ1) is 17.8. The van der Waals surface area contributed by atoms with Crippen LogP contribution in [0, 0.1) is 17.8 Å². The van der Waals surface area contributed by atoms with Crippen LogP contribution in [0.3, 0.4) is 0 Å². The highest BCUT2D eigenvalue weighted by Gasteiger charge is 2.37. The number of allylic oxidation sites excluding steroid dienone is 12. The van der Waals surface area contributed by atoms with E-state index in [1.807, 2.05) is 0 Å². The minimum atomic E-state index is -0.351. The van der Waals surface area contributed by atoms with Crippen LogP contribution in [-0.2, 0) is 0 Å². The Morgan fingerprint density at radius 1 is 1.19 bits per heavy atom. The van der Waals surface area contributed by atoms with Crippen molar-refractivity contribution >= 4 is 0 Å². The van der Waals surface area contributed by atoms with E-state index in [4.69, 9.17) is 0 Å². The smallest absolute Gasteiger partial charge is 0.104 e. The Bertz CT molecular complexity index is 718. The van der Waals surface area contributed by atoms with E-state index in [0.717, 1.165) is 38.6 Å². The average Bonchev–Trinajstić information content (AvgIpc) is 2.67. The summed E-state index contributed by atoms with van der Waals surface area (Å²) in [6, 6.07) is 0. The van der Waals surface area contributed by atoms with E-state index in [-0.39, 0.29) is 6.23 Å². The van der Waals surface area contributed by atoms with Crippen LogP contribution in [0.1, 0.15) is 45.4 Å². The van der Waals surface area contributed by atoms with Gasteiger partial charge in [-0.3, -0.25) is 5.32 Å². The molecule has 2 heteroatoms. The number of hydrogen-bond acceptors (Lipinski definition) is 2. The monoisotopic (exact) mass is 349 g/mol. The first-order valence-electron chi connectivity index (χ1n) is 10.4. The lowest BCUT2D eigenvalue weighted by molar-refractivity contribution is 0.123. The average molecular weight is 350 g/mol. The summed E-state index contributed by atoms with van der Waals surface area (Å²) < 4.78 is 0. The second-order valence-corrected chi connectivity index (χ2v) is 8.01. The molecule has 0 aromatic carbocycles. The molecule has 4 unspecified atom stereocenters. The number of nitrogens with one attached hydrogen (secondary N) is 1. The molecule has 0 saturated heterocycles. The molecule has 26 heavy (non-hydrogen) atoms. The molecule has 0 amide bonds. The lowest BCUT2D eigenvalue weighted by atomic mass is 9.63. The Labute approximate surface area is 157 Å². The first-order chi connectivity index (χ1) is 12.8. The second kappa shape index (κ2) is 7.94. The van der Waals surface area contributed by atoms with Gasteiger partial charge < -0.3 is 5.11 Å². The van der Waals surface area contributed by atoms with Gasteiger partial charge in [0.25, 0.3) is 0 Å². The maximum atomic E-state index is 10.1. The maximum absolute atomic E-state index is 10.1. The van der Waals surface area contributed by atoms with E-state index < -0.39 is 0 Å². The molecular weight excluding hydrogens is 318 g/mol. The van der Waals surface area contributed by atoms with Crippen molar-refractivity contribution in [1.29, 1.82) is 0 Å². The van der Waals surface area contributed by atoms with Gasteiger partial charge in [-0.15, -0.1) is 0 Å². The van der Waals surface area contributed by atoms with Gasteiger partial charge in [-0.2, -0.15) is 0 Å². The molecule has 2 N–H and O–H groups in total. The van der Waals surface area contributed by atoms with Crippen molar-refractivity contribution in [2.24, 2.45) is 17.8 Å². The Morgan fingerprint density at radius 3 is 3.00 bits per heavy atom. The minimum Gasteiger partial charge on any atom is -0.379 e. The van der Waals surface area contributed by atoms with Gasteiger partial charge in [-0.05, 0) is 66.9 Å². The highest BCUT2D eigenvalue weighted by atomic mass is 16.3. The molecule has 2 nitrogen and oxygen atoms in total. The van der Waals surface area contributed by atoms with E-state index in [9.17, 15) is 5.11 Å². The normalized spacial score (nSPS) is 29.4. The van der Waals surface area contributed by atoms with Gasteiger partial charge in [0.15, 0.2) is 0 Å². The van der Waals surface area contributed by atoms with E-state index in [1.54, 1.807) is 11.1 Å². The molecule has 0 fully saturated rings. The summed E-state index contributed by atoms with van der Waals surface area (Å²) in [6.07, 6.45) is 24.9. The summed E-state index contributed by atoms with van der Waals surface area (Å²) in [6.45, 7) is 3.10. The fourth-order valence-electron chi connectivity index (χ4n) is 4.84. The van der Waals surface area contributed by atoms with Gasteiger partial charge in [0.1, 0.15) is 6.23 Å². The van der Waals surface area contributed by atoms with Crippen molar-refractivity contribution in [3.8, 4) is 0 Å². The van der Waals surface area contributed by atoms with Crippen LogP contribution >= 0.6 is 0 Å². The van der Waals surface area contributed by atoms with Crippen LogP contribution in [0.15, 0.2) is 70.9 Å². The molecule has 4 aliphatic rings. The number of aliphatic hydroxyl groups is 1. The summed E-state index contributed by atoms with van der Waals surface area (Å²) in [4.78, 5) is 0. The molecule has 0 radical (unpaired) electrons.